The van der Waals surface area contributed by atoms with Gasteiger partial charge in [-0.15, -0.1) is 0 Å². The molecule has 9 aromatic rings. The summed E-state index contributed by atoms with van der Waals surface area (Å²) in [5.74, 6) is 2.41. The second kappa shape index (κ2) is 16.3. The van der Waals surface area contributed by atoms with Gasteiger partial charge in [-0.1, -0.05) is 101 Å². The van der Waals surface area contributed by atoms with Gasteiger partial charge in [0, 0.05) is 52.1 Å². The monoisotopic (exact) mass is 879 g/mol. The highest BCUT2D eigenvalue weighted by Crippen LogP contribution is 2.53. The standard InChI is InChI=1S/C61H61N5O/c1-37-26-39(3)57(40(4)27-37)50-30-44(61(10,11)12)31-51(58-41(5)28-38(2)29-42(58)6)59(50)65-36-64(53-23-24-62-35-55(53)65)45-16-15-17-46(33-45)67-47-20-21-49-48-18-13-14-19-52(48)66(54(49)34-47)56-32-43(22-25-63-56)60(7,8)9/h13-35H,36H2,1-12H3. The summed E-state index contributed by atoms with van der Waals surface area (Å²) in [6.07, 6.45) is 5.86. The van der Waals surface area contributed by atoms with Crippen molar-refractivity contribution in [2.24, 2.45) is 0 Å². The Balaban J connectivity index is 1.10. The molecule has 0 atom stereocenters. The molecule has 6 heteroatoms. The fourth-order valence-electron chi connectivity index (χ4n) is 10.6. The van der Waals surface area contributed by atoms with Gasteiger partial charge < -0.3 is 14.5 Å². The second-order valence-corrected chi connectivity index (χ2v) is 20.9. The lowest BCUT2D eigenvalue weighted by atomic mass is 9.79. The predicted molar refractivity (Wildman–Crippen MR) is 282 cm³/mol. The molecule has 0 aliphatic carbocycles. The number of pyridine rings is 2. The smallest absolute Gasteiger partial charge is 0.137 e. The van der Waals surface area contributed by atoms with Gasteiger partial charge in [0.05, 0.1) is 34.3 Å². The zero-order valence-electron chi connectivity index (χ0n) is 41.1. The van der Waals surface area contributed by atoms with Crippen molar-refractivity contribution in [1.29, 1.82) is 0 Å². The van der Waals surface area contributed by atoms with Crippen LogP contribution < -0.4 is 14.5 Å². The zero-order valence-corrected chi connectivity index (χ0v) is 41.1. The van der Waals surface area contributed by atoms with E-state index in [0.717, 1.165) is 50.8 Å². The number of hydrogen-bond donors (Lipinski definition) is 0. The first-order valence-electron chi connectivity index (χ1n) is 23.6. The average Bonchev–Trinajstić information content (AvgIpc) is 3.81. The first-order valence-corrected chi connectivity index (χ1v) is 23.6. The van der Waals surface area contributed by atoms with E-state index in [4.69, 9.17) is 14.7 Å². The van der Waals surface area contributed by atoms with Crippen molar-refractivity contribution in [3.63, 3.8) is 0 Å². The third-order valence-corrected chi connectivity index (χ3v) is 13.6. The van der Waals surface area contributed by atoms with Crippen LogP contribution in [0.25, 0.3) is 49.9 Å². The zero-order chi connectivity index (χ0) is 47.1. The van der Waals surface area contributed by atoms with Gasteiger partial charge in [0.2, 0.25) is 0 Å². The quantitative estimate of drug-likeness (QED) is 0.160. The molecule has 0 unspecified atom stereocenters. The van der Waals surface area contributed by atoms with Crippen LogP contribution in [0, 0.1) is 41.5 Å². The Morgan fingerprint density at radius 1 is 0.507 bits per heavy atom. The minimum Gasteiger partial charge on any atom is -0.457 e. The Morgan fingerprint density at radius 3 is 1.76 bits per heavy atom. The number of aryl methyl sites for hydroxylation is 6. The molecule has 4 heterocycles. The topological polar surface area (TPSA) is 46.4 Å². The molecule has 0 saturated heterocycles. The summed E-state index contributed by atoms with van der Waals surface area (Å²) in [6.45, 7) is 27.7. The van der Waals surface area contributed by atoms with Crippen LogP contribution in [0.2, 0.25) is 0 Å². The molecular formula is C61H61N5O. The lowest BCUT2D eigenvalue weighted by Crippen LogP contribution is -2.25. The second-order valence-electron chi connectivity index (χ2n) is 20.9. The summed E-state index contributed by atoms with van der Waals surface area (Å²) in [6, 6.07) is 44.2. The summed E-state index contributed by atoms with van der Waals surface area (Å²) in [4.78, 5) is 14.6. The van der Waals surface area contributed by atoms with Gasteiger partial charge in [-0.2, -0.15) is 0 Å². The largest absolute Gasteiger partial charge is 0.457 e. The number of fused-ring (bicyclic) bond motifs is 4. The van der Waals surface area contributed by atoms with Crippen LogP contribution in [0.3, 0.4) is 0 Å². The van der Waals surface area contributed by atoms with Crippen molar-refractivity contribution >= 4 is 44.6 Å². The molecule has 67 heavy (non-hydrogen) atoms. The number of ether oxygens (including phenoxy) is 1. The summed E-state index contributed by atoms with van der Waals surface area (Å²) in [5.41, 5.74) is 21.6. The van der Waals surface area contributed by atoms with E-state index in [1.165, 1.54) is 77.8 Å². The van der Waals surface area contributed by atoms with Gasteiger partial charge in [-0.05, 0) is 158 Å². The van der Waals surface area contributed by atoms with Crippen LogP contribution in [0.4, 0.5) is 22.7 Å². The lowest BCUT2D eigenvalue weighted by molar-refractivity contribution is 0.483. The lowest BCUT2D eigenvalue weighted by Gasteiger charge is -2.32. The molecule has 6 nitrogen and oxygen atoms in total. The summed E-state index contributed by atoms with van der Waals surface area (Å²) in [7, 11) is 0. The van der Waals surface area contributed by atoms with Crippen LogP contribution in [-0.4, -0.2) is 21.2 Å². The normalized spacial score (nSPS) is 13.0. The van der Waals surface area contributed by atoms with Gasteiger partial charge in [0.15, 0.2) is 0 Å². The Bertz CT molecular complexity index is 3290. The van der Waals surface area contributed by atoms with E-state index in [1.807, 2.05) is 24.7 Å². The third kappa shape index (κ3) is 7.82. The first-order chi connectivity index (χ1) is 31.9. The maximum atomic E-state index is 6.84. The van der Waals surface area contributed by atoms with E-state index < -0.39 is 0 Å². The van der Waals surface area contributed by atoms with Crippen LogP contribution in [0.1, 0.15) is 86.1 Å². The van der Waals surface area contributed by atoms with Gasteiger partial charge in [0.1, 0.15) is 24.0 Å². The summed E-state index contributed by atoms with van der Waals surface area (Å²) in [5, 5.41) is 2.34. The first kappa shape index (κ1) is 43.7. The number of anilines is 4. The summed E-state index contributed by atoms with van der Waals surface area (Å²) >= 11 is 0. The highest BCUT2D eigenvalue weighted by atomic mass is 16.5. The summed E-state index contributed by atoms with van der Waals surface area (Å²) < 4.78 is 9.10. The molecule has 6 aromatic carbocycles. The van der Waals surface area contributed by atoms with E-state index in [-0.39, 0.29) is 10.8 Å². The maximum absolute atomic E-state index is 6.84. The number of para-hydroxylation sites is 1. The number of benzene rings is 6. The van der Waals surface area contributed by atoms with E-state index in [0.29, 0.717) is 6.67 Å². The highest BCUT2D eigenvalue weighted by molar-refractivity contribution is 6.09. The van der Waals surface area contributed by atoms with Crippen LogP contribution in [0.5, 0.6) is 11.5 Å². The van der Waals surface area contributed by atoms with Crippen molar-refractivity contribution in [2.45, 2.75) is 93.9 Å². The SMILES string of the molecule is Cc1cc(C)c(-c2cc(C(C)(C)C)cc(-c3c(C)cc(C)cc3C)c2N2CN(c3cccc(Oc4ccc5c6ccccc6n(-c6cc(C(C)(C)C)ccn6)c5c4)c3)c3ccncc32)c(C)c1. The minimum atomic E-state index is -0.0900. The molecule has 10 rings (SSSR count). The number of hydrogen-bond acceptors (Lipinski definition) is 5. The molecule has 3 aromatic heterocycles. The van der Waals surface area contributed by atoms with Gasteiger partial charge in [-0.3, -0.25) is 9.55 Å². The van der Waals surface area contributed by atoms with Gasteiger partial charge in [-0.25, -0.2) is 4.98 Å². The fourth-order valence-corrected chi connectivity index (χ4v) is 10.6. The predicted octanol–water partition coefficient (Wildman–Crippen LogP) is 16.4. The highest BCUT2D eigenvalue weighted by Gasteiger charge is 2.34. The van der Waals surface area contributed by atoms with E-state index in [2.05, 4.69) is 213 Å². The minimum absolute atomic E-state index is 0.0149. The molecule has 0 saturated carbocycles. The van der Waals surface area contributed by atoms with Gasteiger partial charge >= 0.3 is 0 Å². The van der Waals surface area contributed by atoms with Crippen LogP contribution in [0.15, 0.2) is 140 Å². The molecule has 1 aliphatic heterocycles. The molecule has 0 fully saturated rings. The molecule has 0 spiro atoms. The Kier molecular flexibility index (Phi) is 10.6. The maximum Gasteiger partial charge on any atom is 0.137 e. The van der Waals surface area contributed by atoms with E-state index >= 15 is 0 Å². The van der Waals surface area contributed by atoms with Crippen molar-refractivity contribution < 1.29 is 4.74 Å². The molecule has 0 N–H and O–H groups in total. The Morgan fingerprint density at radius 2 is 1.12 bits per heavy atom. The van der Waals surface area contributed by atoms with Crippen molar-refractivity contribution in [3.8, 4) is 39.6 Å². The number of rotatable bonds is 7. The van der Waals surface area contributed by atoms with Gasteiger partial charge in [0.25, 0.3) is 0 Å². The van der Waals surface area contributed by atoms with Crippen molar-refractivity contribution in [2.75, 3.05) is 16.5 Å². The molecular weight excluding hydrogens is 819 g/mol. The average molecular weight is 880 g/mol. The number of nitrogens with zero attached hydrogens (tertiary/aromatic N) is 5. The van der Waals surface area contributed by atoms with E-state index in [1.54, 1.807) is 0 Å². The Hall–Kier alpha value is -7.18. The third-order valence-electron chi connectivity index (χ3n) is 13.6. The molecule has 1 aliphatic rings. The van der Waals surface area contributed by atoms with Crippen LogP contribution >= 0.6 is 0 Å². The molecule has 0 bridgehead atoms. The Labute approximate surface area is 396 Å². The van der Waals surface area contributed by atoms with Crippen molar-refractivity contribution in [3.05, 3.63) is 184 Å². The fraction of sp³-hybridized carbons (Fsp3) is 0.246. The molecule has 0 amide bonds. The molecule has 336 valence electrons. The molecule has 0 radical (unpaired) electrons. The number of aromatic nitrogens is 3. The van der Waals surface area contributed by atoms with Crippen molar-refractivity contribution in [1.82, 2.24) is 14.5 Å². The van der Waals surface area contributed by atoms with Crippen LogP contribution in [-0.2, 0) is 10.8 Å². The van der Waals surface area contributed by atoms with E-state index in [9.17, 15) is 0 Å².